The number of halogens is 2. The first-order valence-electron chi connectivity index (χ1n) is 11.2. The van der Waals surface area contributed by atoms with Crippen LogP contribution in [0.2, 0.25) is 0 Å². The van der Waals surface area contributed by atoms with E-state index in [0.717, 1.165) is 37.5 Å². The molecule has 1 atom stereocenters. The summed E-state index contributed by atoms with van der Waals surface area (Å²) in [5.41, 5.74) is 3.42. The normalized spacial score (nSPS) is 15.2. The summed E-state index contributed by atoms with van der Waals surface area (Å²) in [7, 11) is 3.25. The number of hydrogen-bond acceptors (Lipinski definition) is 5. The molecule has 184 valence electrons. The van der Waals surface area contributed by atoms with Gasteiger partial charge in [-0.15, -0.1) is 24.8 Å². The van der Waals surface area contributed by atoms with E-state index in [4.69, 9.17) is 9.47 Å². The molecule has 0 spiro atoms. The standard InChI is InChI=1S/C27H32N2O3.2ClH/c1-31-23-13-14-24(26(19-23)32-2)25(30)20-28-15-17-29(18-16-28)27(21-9-5-3-6-10-21)22-11-7-4-8-12-22;;/h3-14,19,25,27,30H,15-18,20H2,1-2H3;2*1H. The molecule has 0 aromatic heterocycles. The quantitative estimate of drug-likeness (QED) is 0.468. The monoisotopic (exact) mass is 504 g/mol. The fourth-order valence-electron chi connectivity index (χ4n) is 4.53. The van der Waals surface area contributed by atoms with Gasteiger partial charge in [0.1, 0.15) is 11.5 Å². The first-order valence-corrected chi connectivity index (χ1v) is 11.2. The molecule has 5 nitrogen and oxygen atoms in total. The zero-order valence-corrected chi connectivity index (χ0v) is 21.3. The van der Waals surface area contributed by atoms with Gasteiger partial charge in [-0.25, -0.2) is 0 Å². The van der Waals surface area contributed by atoms with Crippen LogP contribution in [-0.4, -0.2) is 61.8 Å². The Balaban J connectivity index is 0.00000204. The molecular weight excluding hydrogens is 471 g/mol. The number of ether oxygens (including phenoxy) is 2. The van der Waals surface area contributed by atoms with Crippen molar-refractivity contribution in [2.75, 3.05) is 46.9 Å². The van der Waals surface area contributed by atoms with Crippen molar-refractivity contribution in [1.82, 2.24) is 9.80 Å². The lowest BCUT2D eigenvalue weighted by molar-refractivity contribution is 0.0613. The van der Waals surface area contributed by atoms with Crippen molar-refractivity contribution in [1.29, 1.82) is 0 Å². The molecule has 0 aliphatic carbocycles. The minimum absolute atomic E-state index is 0. The molecule has 0 saturated carbocycles. The fraction of sp³-hybridized carbons (Fsp3) is 0.333. The van der Waals surface area contributed by atoms with Gasteiger partial charge in [-0.2, -0.15) is 0 Å². The number of rotatable bonds is 8. The number of benzene rings is 3. The lowest BCUT2D eigenvalue weighted by Gasteiger charge is -2.40. The molecule has 1 saturated heterocycles. The van der Waals surface area contributed by atoms with Gasteiger partial charge in [0.25, 0.3) is 0 Å². The highest BCUT2D eigenvalue weighted by Crippen LogP contribution is 2.32. The predicted molar refractivity (Wildman–Crippen MR) is 142 cm³/mol. The maximum atomic E-state index is 10.9. The number of aliphatic hydroxyl groups excluding tert-OH is 1. The second-order valence-electron chi connectivity index (χ2n) is 8.18. The van der Waals surface area contributed by atoms with E-state index in [9.17, 15) is 5.11 Å². The summed E-state index contributed by atoms with van der Waals surface area (Å²) in [5.74, 6) is 1.38. The minimum atomic E-state index is -0.610. The molecule has 7 heteroatoms. The van der Waals surface area contributed by atoms with E-state index in [1.54, 1.807) is 14.2 Å². The Kier molecular flexibility index (Phi) is 11.2. The Bertz CT molecular complexity index is 944. The molecule has 1 N–H and O–H groups in total. The van der Waals surface area contributed by atoms with Crippen molar-refractivity contribution in [3.05, 3.63) is 95.6 Å². The summed E-state index contributed by atoms with van der Waals surface area (Å²) in [6.45, 7) is 4.29. The molecular formula is C27H34Cl2N2O3. The predicted octanol–water partition coefficient (Wildman–Crippen LogP) is 4.99. The van der Waals surface area contributed by atoms with Crippen LogP contribution in [0.3, 0.4) is 0 Å². The van der Waals surface area contributed by atoms with Crippen LogP contribution in [-0.2, 0) is 0 Å². The minimum Gasteiger partial charge on any atom is -0.497 e. The molecule has 0 bridgehead atoms. The molecule has 4 rings (SSSR count). The number of β-amino-alcohol motifs (C(OH)–C–C–N with tert-alkyl or cyclic N) is 1. The van der Waals surface area contributed by atoms with E-state index in [1.807, 2.05) is 18.2 Å². The van der Waals surface area contributed by atoms with Crippen LogP contribution in [0.4, 0.5) is 0 Å². The van der Waals surface area contributed by atoms with Crippen molar-refractivity contribution in [3.8, 4) is 11.5 Å². The number of hydrogen-bond donors (Lipinski definition) is 1. The van der Waals surface area contributed by atoms with Crippen molar-refractivity contribution in [3.63, 3.8) is 0 Å². The largest absolute Gasteiger partial charge is 0.497 e. The van der Waals surface area contributed by atoms with E-state index in [0.29, 0.717) is 12.3 Å². The molecule has 1 fully saturated rings. The zero-order valence-electron chi connectivity index (χ0n) is 19.7. The van der Waals surface area contributed by atoms with Crippen LogP contribution >= 0.6 is 24.8 Å². The number of nitrogens with zero attached hydrogens (tertiary/aromatic N) is 2. The van der Waals surface area contributed by atoms with Gasteiger partial charge in [0.15, 0.2) is 0 Å². The summed E-state index contributed by atoms with van der Waals surface area (Å²) in [6.07, 6.45) is -0.610. The Morgan fingerprint density at radius 2 is 1.32 bits per heavy atom. The molecule has 1 heterocycles. The molecule has 0 amide bonds. The van der Waals surface area contributed by atoms with E-state index < -0.39 is 6.10 Å². The summed E-state index contributed by atoms with van der Waals surface area (Å²) < 4.78 is 10.7. The van der Waals surface area contributed by atoms with E-state index >= 15 is 0 Å². The molecule has 1 aliphatic rings. The molecule has 34 heavy (non-hydrogen) atoms. The zero-order chi connectivity index (χ0) is 22.3. The first-order chi connectivity index (χ1) is 15.7. The van der Waals surface area contributed by atoms with Crippen molar-refractivity contribution >= 4 is 24.8 Å². The van der Waals surface area contributed by atoms with Gasteiger partial charge in [0.05, 0.1) is 26.4 Å². The number of methoxy groups -OCH3 is 2. The topological polar surface area (TPSA) is 45.2 Å². The van der Waals surface area contributed by atoms with E-state index in [1.165, 1.54) is 11.1 Å². The molecule has 0 radical (unpaired) electrons. The van der Waals surface area contributed by atoms with Crippen LogP contribution < -0.4 is 9.47 Å². The van der Waals surface area contributed by atoms with Crippen LogP contribution in [0.25, 0.3) is 0 Å². The highest BCUT2D eigenvalue weighted by Gasteiger charge is 2.27. The Hall–Kier alpha value is -2.28. The maximum absolute atomic E-state index is 10.9. The third-order valence-corrected chi connectivity index (χ3v) is 6.23. The summed E-state index contributed by atoms with van der Waals surface area (Å²) in [5, 5.41) is 10.9. The molecule has 3 aromatic rings. The average Bonchev–Trinajstić information content (AvgIpc) is 2.86. The average molecular weight is 505 g/mol. The number of aliphatic hydroxyl groups is 1. The lowest BCUT2D eigenvalue weighted by atomic mass is 9.96. The molecule has 3 aromatic carbocycles. The maximum Gasteiger partial charge on any atom is 0.128 e. The number of piperazine rings is 1. The van der Waals surface area contributed by atoms with Gasteiger partial charge < -0.3 is 14.6 Å². The first kappa shape index (κ1) is 28.0. The van der Waals surface area contributed by atoms with Crippen molar-refractivity contribution < 1.29 is 14.6 Å². The van der Waals surface area contributed by atoms with Gasteiger partial charge in [-0.05, 0) is 23.3 Å². The SMILES string of the molecule is COc1ccc(C(O)CN2CCN(C(c3ccccc3)c3ccccc3)CC2)c(OC)c1.Cl.Cl. The Morgan fingerprint density at radius 1 is 0.765 bits per heavy atom. The van der Waals surface area contributed by atoms with Crippen molar-refractivity contribution in [2.45, 2.75) is 12.1 Å². The third-order valence-electron chi connectivity index (χ3n) is 6.23. The Labute approximate surface area is 215 Å². The van der Waals surface area contributed by atoms with E-state index in [-0.39, 0.29) is 30.9 Å². The highest BCUT2D eigenvalue weighted by atomic mass is 35.5. The van der Waals surface area contributed by atoms with Gasteiger partial charge in [-0.1, -0.05) is 60.7 Å². The summed E-state index contributed by atoms with van der Waals surface area (Å²) >= 11 is 0. The van der Waals surface area contributed by atoms with Gasteiger partial charge >= 0.3 is 0 Å². The second-order valence-corrected chi connectivity index (χ2v) is 8.18. The third kappa shape index (κ3) is 6.65. The summed E-state index contributed by atoms with van der Waals surface area (Å²) in [6, 6.07) is 27.2. The smallest absolute Gasteiger partial charge is 0.128 e. The van der Waals surface area contributed by atoms with Crippen LogP contribution in [0.5, 0.6) is 11.5 Å². The van der Waals surface area contributed by atoms with Crippen LogP contribution in [0.1, 0.15) is 28.8 Å². The van der Waals surface area contributed by atoms with E-state index in [2.05, 4.69) is 70.5 Å². The van der Waals surface area contributed by atoms with Crippen molar-refractivity contribution in [2.24, 2.45) is 0 Å². The molecule has 1 aliphatic heterocycles. The second kappa shape index (κ2) is 13.6. The Morgan fingerprint density at radius 3 is 1.82 bits per heavy atom. The fourth-order valence-corrected chi connectivity index (χ4v) is 4.53. The van der Waals surface area contributed by atoms with Crippen LogP contribution in [0.15, 0.2) is 78.9 Å². The van der Waals surface area contributed by atoms with Crippen LogP contribution in [0, 0.1) is 0 Å². The lowest BCUT2D eigenvalue weighted by Crippen LogP contribution is -2.48. The van der Waals surface area contributed by atoms with Gasteiger partial charge in [0.2, 0.25) is 0 Å². The van der Waals surface area contributed by atoms with Gasteiger partial charge in [-0.3, -0.25) is 9.80 Å². The summed E-state index contributed by atoms with van der Waals surface area (Å²) in [4.78, 5) is 4.87. The molecule has 1 unspecified atom stereocenters. The van der Waals surface area contributed by atoms with Gasteiger partial charge in [0, 0.05) is 44.4 Å². The highest BCUT2D eigenvalue weighted by molar-refractivity contribution is 5.85.